The Hall–Kier alpha value is -6.97. The first-order valence-electron chi connectivity index (χ1n) is 18.8. The van der Waals surface area contributed by atoms with Gasteiger partial charge in [0.15, 0.2) is 5.82 Å². The highest BCUT2D eigenvalue weighted by molar-refractivity contribution is 6.02. The summed E-state index contributed by atoms with van der Waals surface area (Å²) in [6.07, 6.45) is 3.68. The van der Waals surface area contributed by atoms with E-state index in [-0.39, 0.29) is 5.41 Å². The molecule has 0 fully saturated rings. The summed E-state index contributed by atoms with van der Waals surface area (Å²) < 4.78 is 0. The Morgan fingerprint density at radius 1 is 0.400 bits per heavy atom. The van der Waals surface area contributed by atoms with Crippen LogP contribution >= 0.6 is 0 Å². The molecule has 1 aliphatic carbocycles. The SMILES string of the molecule is CC1(C)c2cc(-c3ccc(-c4ccc(-c5cc(-c6ccc(-c7cccnc7)cc6)nc(-c6ccccc6)n5)cc4)cc3)ccc2-c2c1ccc1ccccc21. The first-order valence-corrected chi connectivity index (χ1v) is 18.8. The molecule has 3 nitrogen and oxygen atoms in total. The van der Waals surface area contributed by atoms with Gasteiger partial charge >= 0.3 is 0 Å². The summed E-state index contributed by atoms with van der Waals surface area (Å²) in [6, 6.07) is 62.9. The Bertz CT molecular complexity index is 2840. The molecule has 2 aromatic heterocycles. The van der Waals surface area contributed by atoms with Gasteiger partial charge in [-0.3, -0.25) is 4.98 Å². The topological polar surface area (TPSA) is 38.7 Å². The maximum absolute atomic E-state index is 5.06. The third kappa shape index (κ3) is 5.82. The van der Waals surface area contributed by atoms with Crippen molar-refractivity contribution in [1.29, 1.82) is 0 Å². The monoisotopic (exact) mass is 703 g/mol. The molecule has 0 saturated carbocycles. The molecule has 0 N–H and O–H groups in total. The van der Waals surface area contributed by atoms with Crippen LogP contribution in [0.15, 0.2) is 188 Å². The van der Waals surface area contributed by atoms with E-state index in [4.69, 9.17) is 9.97 Å². The summed E-state index contributed by atoms with van der Waals surface area (Å²) >= 11 is 0. The van der Waals surface area contributed by atoms with Crippen molar-refractivity contribution in [2.24, 2.45) is 0 Å². The summed E-state index contributed by atoms with van der Waals surface area (Å²) in [7, 11) is 0. The van der Waals surface area contributed by atoms with E-state index in [1.54, 1.807) is 6.20 Å². The Labute approximate surface area is 321 Å². The summed E-state index contributed by atoms with van der Waals surface area (Å²) in [5, 5.41) is 2.62. The Balaban J connectivity index is 0.942. The van der Waals surface area contributed by atoms with Crippen molar-refractivity contribution in [3.63, 3.8) is 0 Å². The first kappa shape index (κ1) is 32.7. The number of rotatable bonds is 6. The van der Waals surface area contributed by atoms with Crippen molar-refractivity contribution in [1.82, 2.24) is 15.0 Å². The highest BCUT2D eigenvalue weighted by atomic mass is 14.9. The third-order valence-electron chi connectivity index (χ3n) is 11.2. The van der Waals surface area contributed by atoms with Gasteiger partial charge in [0.2, 0.25) is 0 Å². The van der Waals surface area contributed by atoms with Crippen LogP contribution in [0.5, 0.6) is 0 Å². The highest BCUT2D eigenvalue weighted by Crippen LogP contribution is 2.52. The Morgan fingerprint density at radius 3 is 1.58 bits per heavy atom. The van der Waals surface area contributed by atoms with Crippen LogP contribution in [0.25, 0.3) is 89.2 Å². The van der Waals surface area contributed by atoms with Crippen LogP contribution in [-0.2, 0) is 5.41 Å². The fourth-order valence-corrected chi connectivity index (χ4v) is 8.20. The molecule has 0 aliphatic heterocycles. The zero-order valence-electron chi connectivity index (χ0n) is 30.7. The summed E-state index contributed by atoms with van der Waals surface area (Å²) in [4.78, 5) is 14.4. The predicted molar refractivity (Wildman–Crippen MR) is 228 cm³/mol. The normalized spacial score (nSPS) is 12.7. The van der Waals surface area contributed by atoms with Gasteiger partial charge in [-0.1, -0.05) is 172 Å². The van der Waals surface area contributed by atoms with Crippen LogP contribution in [0, 0.1) is 0 Å². The quantitative estimate of drug-likeness (QED) is 0.173. The van der Waals surface area contributed by atoms with Gasteiger partial charge in [0.05, 0.1) is 11.4 Å². The first-order chi connectivity index (χ1) is 27.0. The lowest BCUT2D eigenvalue weighted by molar-refractivity contribution is 0.661. The van der Waals surface area contributed by atoms with E-state index in [0.29, 0.717) is 5.82 Å². The van der Waals surface area contributed by atoms with Crippen molar-refractivity contribution in [3.8, 4) is 78.4 Å². The lowest BCUT2D eigenvalue weighted by Crippen LogP contribution is -2.15. The van der Waals surface area contributed by atoms with E-state index in [0.717, 1.165) is 44.8 Å². The Kier molecular flexibility index (Phi) is 7.81. The predicted octanol–water partition coefficient (Wildman–Crippen LogP) is 13.3. The van der Waals surface area contributed by atoms with Crippen molar-refractivity contribution >= 4 is 10.8 Å². The summed E-state index contributed by atoms with van der Waals surface area (Å²) in [5.41, 5.74) is 17.3. The number of hydrogen-bond acceptors (Lipinski definition) is 3. The minimum Gasteiger partial charge on any atom is -0.264 e. The average Bonchev–Trinajstić information content (AvgIpc) is 3.49. The van der Waals surface area contributed by atoms with Gasteiger partial charge in [-0.05, 0) is 84.6 Å². The number of hydrogen-bond donors (Lipinski definition) is 0. The van der Waals surface area contributed by atoms with Gasteiger partial charge in [0, 0.05) is 34.5 Å². The second-order valence-electron chi connectivity index (χ2n) is 14.9. The largest absolute Gasteiger partial charge is 0.264 e. The molecular formula is C52H37N3. The van der Waals surface area contributed by atoms with E-state index in [1.807, 2.05) is 30.5 Å². The van der Waals surface area contributed by atoms with Crippen LogP contribution in [0.3, 0.4) is 0 Å². The molecule has 0 amide bonds. The van der Waals surface area contributed by atoms with Gasteiger partial charge < -0.3 is 0 Å². The average molecular weight is 704 g/mol. The molecule has 1 aliphatic rings. The zero-order chi connectivity index (χ0) is 36.9. The van der Waals surface area contributed by atoms with E-state index in [9.17, 15) is 0 Å². The Morgan fingerprint density at radius 2 is 0.945 bits per heavy atom. The van der Waals surface area contributed by atoms with Crippen molar-refractivity contribution < 1.29 is 0 Å². The molecule has 55 heavy (non-hydrogen) atoms. The van der Waals surface area contributed by atoms with Crippen LogP contribution in [0.2, 0.25) is 0 Å². The molecule has 10 rings (SSSR count). The lowest BCUT2D eigenvalue weighted by atomic mass is 9.81. The zero-order valence-corrected chi connectivity index (χ0v) is 30.7. The molecule has 0 unspecified atom stereocenters. The minimum atomic E-state index is -0.0659. The third-order valence-corrected chi connectivity index (χ3v) is 11.2. The second-order valence-corrected chi connectivity index (χ2v) is 14.9. The van der Waals surface area contributed by atoms with E-state index < -0.39 is 0 Å². The standard InChI is InChI=1S/C52H37N3/c1-52(2)46-29-27-38-9-6-7-13-44(38)50(46)45-28-26-42(31-47(45)52)36-16-14-34(15-17-36)35-18-22-39(23-19-35)48-32-49(55-51(54-48)41-10-4-3-5-11-41)40-24-20-37(21-25-40)43-12-8-30-53-33-43/h3-33H,1-2H3. The number of benzene rings is 7. The smallest absolute Gasteiger partial charge is 0.160 e. The lowest BCUT2D eigenvalue weighted by Gasteiger charge is -2.22. The van der Waals surface area contributed by atoms with Gasteiger partial charge in [-0.2, -0.15) is 0 Å². The number of aromatic nitrogens is 3. The maximum Gasteiger partial charge on any atom is 0.160 e. The minimum absolute atomic E-state index is 0.0659. The van der Waals surface area contributed by atoms with Crippen molar-refractivity contribution in [2.75, 3.05) is 0 Å². The second kappa shape index (κ2) is 13.2. The molecular weight excluding hydrogens is 667 g/mol. The van der Waals surface area contributed by atoms with Crippen LogP contribution in [0.4, 0.5) is 0 Å². The van der Waals surface area contributed by atoms with Crippen LogP contribution in [-0.4, -0.2) is 15.0 Å². The fraction of sp³-hybridized carbons (Fsp3) is 0.0577. The highest BCUT2D eigenvalue weighted by Gasteiger charge is 2.36. The van der Waals surface area contributed by atoms with E-state index >= 15 is 0 Å². The van der Waals surface area contributed by atoms with E-state index in [2.05, 4.69) is 170 Å². The molecule has 0 saturated heterocycles. The van der Waals surface area contributed by atoms with Gasteiger partial charge in [-0.15, -0.1) is 0 Å². The maximum atomic E-state index is 5.06. The molecule has 0 bridgehead atoms. The summed E-state index contributed by atoms with van der Waals surface area (Å²) in [5.74, 6) is 0.705. The number of fused-ring (bicyclic) bond motifs is 5. The fourth-order valence-electron chi connectivity index (χ4n) is 8.20. The van der Waals surface area contributed by atoms with Crippen molar-refractivity contribution in [3.05, 3.63) is 199 Å². The van der Waals surface area contributed by atoms with Gasteiger partial charge in [-0.25, -0.2) is 9.97 Å². The molecule has 260 valence electrons. The van der Waals surface area contributed by atoms with Gasteiger partial charge in [0.1, 0.15) is 0 Å². The van der Waals surface area contributed by atoms with Crippen LogP contribution < -0.4 is 0 Å². The van der Waals surface area contributed by atoms with Crippen molar-refractivity contribution in [2.45, 2.75) is 19.3 Å². The molecule has 0 atom stereocenters. The molecule has 0 radical (unpaired) electrons. The van der Waals surface area contributed by atoms with E-state index in [1.165, 1.54) is 49.7 Å². The molecule has 9 aromatic rings. The molecule has 3 heteroatoms. The molecule has 0 spiro atoms. The number of pyridine rings is 1. The summed E-state index contributed by atoms with van der Waals surface area (Å²) in [6.45, 7) is 4.71. The molecule has 2 heterocycles. The number of nitrogens with zero attached hydrogens (tertiary/aromatic N) is 3. The van der Waals surface area contributed by atoms with Crippen LogP contribution in [0.1, 0.15) is 25.0 Å². The van der Waals surface area contributed by atoms with Gasteiger partial charge in [0.25, 0.3) is 0 Å². The molecule has 7 aromatic carbocycles.